The Morgan fingerprint density at radius 3 is 2.90 bits per heavy atom. The molecule has 0 radical (unpaired) electrons. The lowest BCUT2D eigenvalue weighted by atomic mass is 10.00. The highest BCUT2D eigenvalue weighted by molar-refractivity contribution is 6.33. The minimum absolute atomic E-state index is 0.0399. The summed E-state index contributed by atoms with van der Waals surface area (Å²) in [5.41, 5.74) is 2.56. The van der Waals surface area contributed by atoms with E-state index in [9.17, 15) is 4.79 Å². The zero-order chi connectivity index (χ0) is 15.2. The maximum atomic E-state index is 11.9. The van der Waals surface area contributed by atoms with Crippen LogP contribution in [-0.2, 0) is 9.53 Å². The van der Waals surface area contributed by atoms with Crippen molar-refractivity contribution in [2.24, 2.45) is 0 Å². The number of halogens is 1. The number of benzene rings is 1. The summed E-state index contributed by atoms with van der Waals surface area (Å²) < 4.78 is 5.56. The first kappa shape index (κ1) is 14.6. The van der Waals surface area contributed by atoms with Crippen LogP contribution in [0.1, 0.15) is 25.5 Å². The van der Waals surface area contributed by atoms with Crippen LogP contribution < -0.4 is 15.5 Å². The van der Waals surface area contributed by atoms with E-state index >= 15 is 0 Å². The Kier molecular flexibility index (Phi) is 3.59. The quantitative estimate of drug-likeness (QED) is 0.879. The highest BCUT2D eigenvalue weighted by atomic mass is 35.5. The number of carbonyl (C=O) groups is 1. The van der Waals surface area contributed by atoms with Crippen LogP contribution in [-0.4, -0.2) is 38.3 Å². The molecule has 0 bridgehead atoms. The summed E-state index contributed by atoms with van der Waals surface area (Å²) in [5, 5.41) is 6.59. The second-order valence-corrected chi connectivity index (χ2v) is 6.53. The van der Waals surface area contributed by atoms with Gasteiger partial charge in [-0.1, -0.05) is 11.6 Å². The molecule has 0 aliphatic carbocycles. The first-order valence-electron chi connectivity index (χ1n) is 7.11. The number of rotatable bonds is 2. The molecule has 114 valence electrons. The van der Waals surface area contributed by atoms with Crippen LogP contribution in [0.3, 0.4) is 0 Å². The minimum atomic E-state index is -0.329. The molecule has 1 aromatic rings. The summed E-state index contributed by atoms with van der Waals surface area (Å²) in [6.07, 6.45) is 0. The largest absolute Gasteiger partial charge is 0.377 e. The van der Waals surface area contributed by atoms with E-state index in [0.29, 0.717) is 18.2 Å². The number of nitrogens with one attached hydrogen (secondary N) is 2. The van der Waals surface area contributed by atoms with Gasteiger partial charge < -0.3 is 20.3 Å². The molecule has 1 fully saturated rings. The lowest BCUT2D eigenvalue weighted by Crippen LogP contribution is -2.53. The predicted octanol–water partition coefficient (Wildman–Crippen LogP) is 2.17. The van der Waals surface area contributed by atoms with Crippen molar-refractivity contribution in [3.05, 3.63) is 22.7 Å². The van der Waals surface area contributed by atoms with Crippen molar-refractivity contribution >= 4 is 28.9 Å². The molecule has 3 rings (SSSR count). The molecule has 0 saturated carbocycles. The summed E-state index contributed by atoms with van der Waals surface area (Å²) in [7, 11) is 1.77. The Hall–Kier alpha value is -1.30. The van der Waals surface area contributed by atoms with Crippen molar-refractivity contribution in [3.63, 3.8) is 0 Å². The first-order chi connectivity index (χ1) is 9.94. The number of nitrogens with zero attached hydrogens (tertiary/aromatic N) is 1. The Labute approximate surface area is 129 Å². The lowest BCUT2D eigenvalue weighted by molar-refractivity contribution is -0.117. The van der Waals surface area contributed by atoms with Gasteiger partial charge in [0.15, 0.2) is 0 Å². The molecule has 6 heteroatoms. The lowest BCUT2D eigenvalue weighted by Gasteiger charge is -2.44. The van der Waals surface area contributed by atoms with Gasteiger partial charge in [-0.2, -0.15) is 0 Å². The van der Waals surface area contributed by atoms with Crippen molar-refractivity contribution in [1.82, 2.24) is 5.32 Å². The van der Waals surface area contributed by atoms with Crippen LogP contribution >= 0.6 is 11.6 Å². The Morgan fingerprint density at radius 2 is 2.24 bits per heavy atom. The molecule has 1 unspecified atom stereocenters. The van der Waals surface area contributed by atoms with Crippen LogP contribution in [0.25, 0.3) is 0 Å². The van der Waals surface area contributed by atoms with Crippen molar-refractivity contribution in [1.29, 1.82) is 0 Å². The van der Waals surface area contributed by atoms with Gasteiger partial charge in [0.25, 0.3) is 0 Å². The number of likely N-dealkylation sites (N-methyl/N-ethyl adjacent to an activating group) is 1. The van der Waals surface area contributed by atoms with Crippen molar-refractivity contribution in [3.8, 4) is 0 Å². The summed E-state index contributed by atoms with van der Waals surface area (Å²) in [6.45, 7) is 6.39. The van der Waals surface area contributed by atoms with Crippen molar-refractivity contribution in [2.75, 3.05) is 37.0 Å². The Balaban J connectivity index is 2.02. The predicted molar refractivity (Wildman–Crippen MR) is 84.1 cm³/mol. The van der Waals surface area contributed by atoms with E-state index in [1.54, 1.807) is 7.05 Å². The second-order valence-electron chi connectivity index (χ2n) is 6.12. The van der Waals surface area contributed by atoms with Crippen LogP contribution in [0.15, 0.2) is 12.1 Å². The summed E-state index contributed by atoms with van der Waals surface area (Å²) >= 11 is 6.49. The molecule has 2 aliphatic heterocycles. The standard InChI is InChI=1S/C15H20ClN3O2/c1-15(2)8-21-5-4-19(15)12-7-11-9(6-10(12)16)13(17-3)14(20)18-11/h6-7,13,17H,4-5,8H2,1-3H3,(H,18,20). The second kappa shape index (κ2) is 5.16. The molecule has 2 N–H and O–H groups in total. The fourth-order valence-corrected chi connectivity index (χ4v) is 3.34. The minimum Gasteiger partial charge on any atom is -0.377 e. The van der Waals surface area contributed by atoms with Gasteiger partial charge in [0, 0.05) is 17.8 Å². The smallest absolute Gasteiger partial charge is 0.246 e. The van der Waals surface area contributed by atoms with Crippen LogP contribution in [0, 0.1) is 0 Å². The SMILES string of the molecule is CNC1C(=O)Nc2cc(N3CCOCC3(C)C)c(Cl)cc21. The maximum absolute atomic E-state index is 11.9. The number of amides is 1. The maximum Gasteiger partial charge on any atom is 0.246 e. The van der Waals surface area contributed by atoms with Gasteiger partial charge in [0.2, 0.25) is 5.91 Å². The fraction of sp³-hybridized carbons (Fsp3) is 0.533. The molecule has 2 heterocycles. The summed E-state index contributed by atoms with van der Waals surface area (Å²) in [6, 6.07) is 3.53. The number of anilines is 2. The van der Waals surface area contributed by atoms with E-state index in [4.69, 9.17) is 16.3 Å². The molecule has 1 atom stereocenters. The zero-order valence-corrected chi connectivity index (χ0v) is 13.3. The molecule has 5 nitrogen and oxygen atoms in total. The van der Waals surface area contributed by atoms with Gasteiger partial charge in [-0.3, -0.25) is 4.79 Å². The number of carbonyl (C=O) groups excluding carboxylic acids is 1. The molecular formula is C15H20ClN3O2. The summed E-state index contributed by atoms with van der Waals surface area (Å²) in [5.74, 6) is -0.0399. The van der Waals surface area contributed by atoms with Gasteiger partial charge in [0.1, 0.15) is 6.04 Å². The van der Waals surface area contributed by atoms with Gasteiger partial charge >= 0.3 is 0 Å². The number of ether oxygens (including phenoxy) is 1. The van der Waals surface area contributed by atoms with Crippen LogP contribution in [0.2, 0.25) is 5.02 Å². The highest BCUT2D eigenvalue weighted by Gasteiger charge is 2.35. The third-order valence-electron chi connectivity index (χ3n) is 4.17. The molecule has 0 aromatic heterocycles. The van der Waals surface area contributed by atoms with Gasteiger partial charge in [-0.15, -0.1) is 0 Å². The summed E-state index contributed by atoms with van der Waals surface area (Å²) in [4.78, 5) is 14.2. The molecular weight excluding hydrogens is 290 g/mol. The van der Waals surface area contributed by atoms with Gasteiger partial charge in [-0.05, 0) is 33.0 Å². The van der Waals surface area contributed by atoms with E-state index in [0.717, 1.165) is 23.5 Å². The van der Waals surface area contributed by atoms with Crippen molar-refractivity contribution in [2.45, 2.75) is 25.4 Å². The van der Waals surface area contributed by atoms with E-state index in [1.165, 1.54) is 0 Å². The molecule has 1 aromatic carbocycles. The van der Waals surface area contributed by atoms with E-state index in [2.05, 4.69) is 29.4 Å². The van der Waals surface area contributed by atoms with E-state index in [-0.39, 0.29) is 17.5 Å². The number of hydrogen-bond donors (Lipinski definition) is 2. The molecule has 2 aliphatic rings. The number of morpholine rings is 1. The highest BCUT2D eigenvalue weighted by Crippen LogP contribution is 2.41. The molecule has 21 heavy (non-hydrogen) atoms. The third-order valence-corrected chi connectivity index (χ3v) is 4.48. The van der Waals surface area contributed by atoms with Crippen LogP contribution in [0.4, 0.5) is 11.4 Å². The van der Waals surface area contributed by atoms with E-state index < -0.39 is 0 Å². The number of fused-ring (bicyclic) bond motifs is 1. The molecule has 0 spiro atoms. The zero-order valence-electron chi connectivity index (χ0n) is 12.5. The fourth-order valence-electron chi connectivity index (χ4n) is 3.07. The molecule has 1 saturated heterocycles. The topological polar surface area (TPSA) is 53.6 Å². The number of hydrogen-bond acceptors (Lipinski definition) is 4. The Morgan fingerprint density at radius 1 is 1.48 bits per heavy atom. The average molecular weight is 310 g/mol. The van der Waals surface area contributed by atoms with Crippen LogP contribution in [0.5, 0.6) is 0 Å². The average Bonchev–Trinajstić information content (AvgIpc) is 2.72. The molecule has 1 amide bonds. The monoisotopic (exact) mass is 309 g/mol. The van der Waals surface area contributed by atoms with Gasteiger partial charge in [0.05, 0.1) is 29.5 Å². The normalized spacial score (nSPS) is 23.9. The Bertz CT molecular complexity index is 589. The van der Waals surface area contributed by atoms with E-state index in [1.807, 2.05) is 12.1 Å². The first-order valence-corrected chi connectivity index (χ1v) is 7.49. The third kappa shape index (κ3) is 2.39. The van der Waals surface area contributed by atoms with Gasteiger partial charge in [-0.25, -0.2) is 0 Å². The van der Waals surface area contributed by atoms with Crippen molar-refractivity contribution < 1.29 is 9.53 Å².